The lowest BCUT2D eigenvalue weighted by atomic mass is 10.1. The minimum absolute atomic E-state index is 0.145. The van der Waals surface area contributed by atoms with Gasteiger partial charge in [-0.3, -0.25) is 0 Å². The second-order valence-corrected chi connectivity index (χ2v) is 4.94. The van der Waals surface area contributed by atoms with Crippen LogP contribution >= 0.6 is 0 Å². The first kappa shape index (κ1) is 12.5. The molecule has 102 valence electrons. The van der Waals surface area contributed by atoms with Gasteiger partial charge in [-0.25, -0.2) is 0 Å². The Bertz CT molecular complexity index is 569. The summed E-state index contributed by atoms with van der Waals surface area (Å²) in [6.45, 7) is 4.83. The first-order chi connectivity index (χ1) is 9.31. The summed E-state index contributed by atoms with van der Waals surface area (Å²) in [6, 6.07) is 6.14. The molecular weight excluding hydrogens is 240 g/mol. The Morgan fingerprint density at radius 1 is 1.32 bits per heavy atom. The Kier molecular flexibility index (Phi) is 3.44. The Morgan fingerprint density at radius 3 is 3.05 bits per heavy atom. The highest BCUT2D eigenvalue weighted by Crippen LogP contribution is 2.34. The van der Waals surface area contributed by atoms with Crippen LogP contribution in [0.5, 0.6) is 5.75 Å². The van der Waals surface area contributed by atoms with E-state index in [1.807, 2.05) is 12.1 Å². The van der Waals surface area contributed by atoms with Gasteiger partial charge in [0.1, 0.15) is 5.75 Å². The third-order valence-electron chi connectivity index (χ3n) is 3.82. The molecule has 0 aliphatic carbocycles. The van der Waals surface area contributed by atoms with E-state index in [1.165, 1.54) is 16.6 Å². The van der Waals surface area contributed by atoms with Crippen molar-refractivity contribution in [3.8, 4) is 5.75 Å². The molecule has 19 heavy (non-hydrogen) atoms. The van der Waals surface area contributed by atoms with Gasteiger partial charge in [0.05, 0.1) is 25.3 Å². The summed E-state index contributed by atoms with van der Waals surface area (Å²) < 4.78 is 11.4. The lowest BCUT2D eigenvalue weighted by Gasteiger charge is -2.14. The van der Waals surface area contributed by atoms with Gasteiger partial charge in [0, 0.05) is 17.6 Å². The summed E-state index contributed by atoms with van der Waals surface area (Å²) in [5.74, 6) is 0.888. The van der Waals surface area contributed by atoms with Gasteiger partial charge in [-0.1, -0.05) is 12.1 Å². The summed E-state index contributed by atoms with van der Waals surface area (Å²) in [6.07, 6.45) is 1.14. The minimum Gasteiger partial charge on any atom is -0.495 e. The summed E-state index contributed by atoms with van der Waals surface area (Å²) in [5, 5.41) is 4.58. The van der Waals surface area contributed by atoms with E-state index in [4.69, 9.17) is 9.47 Å². The molecule has 1 atom stereocenters. The van der Waals surface area contributed by atoms with E-state index in [-0.39, 0.29) is 6.10 Å². The number of fused-ring (bicyclic) bond motifs is 1. The second-order valence-electron chi connectivity index (χ2n) is 4.94. The maximum Gasteiger partial charge on any atom is 0.142 e. The zero-order valence-corrected chi connectivity index (χ0v) is 11.5. The average Bonchev–Trinajstić information content (AvgIpc) is 2.65. The smallest absolute Gasteiger partial charge is 0.142 e. The van der Waals surface area contributed by atoms with Crippen LogP contribution in [-0.4, -0.2) is 31.8 Å². The number of ether oxygens (including phenoxy) is 2. The molecule has 0 amide bonds. The topological polar surface area (TPSA) is 46.3 Å². The number of hydrogen-bond donors (Lipinski definition) is 2. The van der Waals surface area contributed by atoms with Crippen molar-refractivity contribution in [2.45, 2.75) is 19.4 Å². The second kappa shape index (κ2) is 5.23. The van der Waals surface area contributed by atoms with Gasteiger partial charge in [0.2, 0.25) is 0 Å². The predicted molar refractivity (Wildman–Crippen MR) is 75.8 cm³/mol. The zero-order chi connectivity index (χ0) is 13.2. The number of H-pyrrole nitrogens is 1. The molecule has 1 saturated heterocycles. The highest BCUT2D eigenvalue weighted by molar-refractivity contribution is 5.89. The number of para-hydroxylation sites is 1. The normalized spacial score (nSPS) is 20.4. The van der Waals surface area contributed by atoms with Crippen LogP contribution in [0.4, 0.5) is 0 Å². The van der Waals surface area contributed by atoms with Crippen molar-refractivity contribution in [3.05, 3.63) is 29.5 Å². The molecule has 2 heterocycles. The van der Waals surface area contributed by atoms with Crippen LogP contribution < -0.4 is 10.1 Å². The molecule has 0 radical (unpaired) electrons. The maximum absolute atomic E-state index is 5.94. The number of aromatic amines is 1. The third kappa shape index (κ3) is 2.22. The Balaban J connectivity index is 2.06. The van der Waals surface area contributed by atoms with E-state index < -0.39 is 0 Å². The molecule has 2 aromatic rings. The van der Waals surface area contributed by atoms with Gasteiger partial charge >= 0.3 is 0 Å². The Labute approximate surface area is 113 Å². The molecule has 4 heteroatoms. The number of hydrogen-bond acceptors (Lipinski definition) is 3. The van der Waals surface area contributed by atoms with Crippen molar-refractivity contribution in [2.24, 2.45) is 0 Å². The van der Waals surface area contributed by atoms with Crippen molar-refractivity contribution >= 4 is 10.9 Å². The molecular formula is C15H20N2O2. The molecule has 2 N–H and O–H groups in total. The van der Waals surface area contributed by atoms with Gasteiger partial charge < -0.3 is 19.8 Å². The van der Waals surface area contributed by atoms with Crippen LogP contribution in [0, 0.1) is 6.92 Å². The number of aryl methyl sites for hydroxylation is 1. The third-order valence-corrected chi connectivity index (χ3v) is 3.82. The van der Waals surface area contributed by atoms with E-state index >= 15 is 0 Å². The van der Waals surface area contributed by atoms with Crippen molar-refractivity contribution in [1.82, 2.24) is 10.3 Å². The van der Waals surface area contributed by atoms with Crippen LogP contribution in [-0.2, 0) is 4.74 Å². The summed E-state index contributed by atoms with van der Waals surface area (Å²) in [5.41, 5.74) is 3.52. The monoisotopic (exact) mass is 260 g/mol. The molecule has 1 aromatic heterocycles. The standard InChI is InChI=1S/C15H20N2O2/c1-10-11-4-3-5-12(18-2)15(11)17-14(10)13-6-7-16-8-9-19-13/h3-5,13,16-17H,6-9H2,1-2H3. The first-order valence-electron chi connectivity index (χ1n) is 6.78. The lowest BCUT2D eigenvalue weighted by molar-refractivity contribution is 0.0615. The molecule has 4 nitrogen and oxygen atoms in total. The summed E-state index contributed by atoms with van der Waals surface area (Å²) >= 11 is 0. The van der Waals surface area contributed by atoms with Crippen molar-refractivity contribution in [3.63, 3.8) is 0 Å². The quantitative estimate of drug-likeness (QED) is 0.872. The van der Waals surface area contributed by atoms with Gasteiger partial charge in [0.15, 0.2) is 0 Å². The maximum atomic E-state index is 5.94. The van der Waals surface area contributed by atoms with Crippen molar-refractivity contribution < 1.29 is 9.47 Å². The number of aromatic nitrogens is 1. The fourth-order valence-electron chi connectivity index (χ4n) is 2.78. The summed E-state index contributed by atoms with van der Waals surface area (Å²) in [7, 11) is 1.71. The number of rotatable bonds is 2. The van der Waals surface area contributed by atoms with Crippen LogP contribution in [0.25, 0.3) is 10.9 Å². The fourth-order valence-corrected chi connectivity index (χ4v) is 2.78. The fraction of sp³-hybridized carbons (Fsp3) is 0.467. The number of nitrogens with one attached hydrogen (secondary N) is 2. The number of benzene rings is 1. The molecule has 0 spiro atoms. The lowest BCUT2D eigenvalue weighted by Crippen LogP contribution is -2.16. The highest BCUT2D eigenvalue weighted by atomic mass is 16.5. The molecule has 0 bridgehead atoms. The van der Waals surface area contributed by atoms with Gasteiger partial charge in [-0.15, -0.1) is 0 Å². The predicted octanol–water partition coefficient (Wildman–Crippen LogP) is 2.54. The molecule has 1 aliphatic heterocycles. The molecule has 1 unspecified atom stereocenters. The van der Waals surface area contributed by atoms with Crippen LogP contribution in [0.2, 0.25) is 0 Å². The number of methoxy groups -OCH3 is 1. The first-order valence-corrected chi connectivity index (χ1v) is 6.78. The van der Waals surface area contributed by atoms with E-state index in [9.17, 15) is 0 Å². The van der Waals surface area contributed by atoms with Crippen LogP contribution in [0.3, 0.4) is 0 Å². The van der Waals surface area contributed by atoms with Gasteiger partial charge in [-0.2, -0.15) is 0 Å². The largest absolute Gasteiger partial charge is 0.495 e. The van der Waals surface area contributed by atoms with E-state index in [0.717, 1.165) is 37.4 Å². The van der Waals surface area contributed by atoms with Crippen molar-refractivity contribution in [2.75, 3.05) is 26.8 Å². The average molecular weight is 260 g/mol. The summed E-state index contributed by atoms with van der Waals surface area (Å²) in [4.78, 5) is 3.50. The minimum atomic E-state index is 0.145. The molecule has 3 rings (SSSR count). The molecule has 1 aliphatic rings. The van der Waals surface area contributed by atoms with Crippen LogP contribution in [0.1, 0.15) is 23.8 Å². The molecule has 1 aromatic carbocycles. The molecule has 1 fully saturated rings. The highest BCUT2D eigenvalue weighted by Gasteiger charge is 2.21. The van der Waals surface area contributed by atoms with E-state index in [1.54, 1.807) is 7.11 Å². The van der Waals surface area contributed by atoms with Gasteiger partial charge in [-0.05, 0) is 31.5 Å². The zero-order valence-electron chi connectivity index (χ0n) is 11.5. The van der Waals surface area contributed by atoms with Gasteiger partial charge in [0.25, 0.3) is 0 Å². The van der Waals surface area contributed by atoms with Crippen LogP contribution in [0.15, 0.2) is 18.2 Å². The Morgan fingerprint density at radius 2 is 2.21 bits per heavy atom. The van der Waals surface area contributed by atoms with E-state index in [0.29, 0.717) is 0 Å². The van der Waals surface area contributed by atoms with Crippen molar-refractivity contribution in [1.29, 1.82) is 0 Å². The Hall–Kier alpha value is -1.52. The molecule has 0 saturated carbocycles. The van der Waals surface area contributed by atoms with E-state index in [2.05, 4.69) is 23.3 Å². The SMILES string of the molecule is COc1cccc2c(C)c(C3CCNCCO3)[nH]c12.